The monoisotopic (exact) mass is 336 g/mol. The number of amides is 2. The van der Waals surface area contributed by atoms with Crippen molar-refractivity contribution in [1.82, 2.24) is 15.0 Å². The molecule has 0 saturated heterocycles. The number of anilines is 1. The molecule has 0 saturated carbocycles. The van der Waals surface area contributed by atoms with Gasteiger partial charge in [-0.2, -0.15) is 0 Å². The summed E-state index contributed by atoms with van der Waals surface area (Å²) in [7, 11) is 1.58. The summed E-state index contributed by atoms with van der Waals surface area (Å²) in [5, 5.41) is 7.14. The van der Waals surface area contributed by atoms with E-state index < -0.39 is 0 Å². The van der Waals surface area contributed by atoms with E-state index in [2.05, 4.69) is 15.5 Å². The highest BCUT2D eigenvalue weighted by Gasteiger charge is 2.22. The number of hydrogen-bond acceptors (Lipinski definition) is 6. The summed E-state index contributed by atoms with van der Waals surface area (Å²) in [5.41, 5.74) is -0.107. The molecular weight excluding hydrogens is 316 g/mol. The zero-order chi connectivity index (χ0) is 17.2. The second-order valence-corrected chi connectivity index (χ2v) is 7.34. The zero-order valence-corrected chi connectivity index (χ0v) is 14.7. The molecular formula is C15H20N4O3S. The molecule has 124 valence electrons. The first kappa shape index (κ1) is 17.1. The van der Waals surface area contributed by atoms with Crippen LogP contribution in [0.1, 0.15) is 41.2 Å². The summed E-state index contributed by atoms with van der Waals surface area (Å²) >= 11 is 1.35. The Morgan fingerprint density at radius 2 is 2.09 bits per heavy atom. The van der Waals surface area contributed by atoms with Crippen LogP contribution in [0, 0.1) is 6.92 Å². The van der Waals surface area contributed by atoms with Gasteiger partial charge in [0.05, 0.1) is 17.7 Å². The maximum atomic E-state index is 12.4. The zero-order valence-electron chi connectivity index (χ0n) is 13.8. The van der Waals surface area contributed by atoms with E-state index in [4.69, 9.17) is 4.52 Å². The molecule has 0 radical (unpaired) electrons. The number of rotatable bonds is 4. The van der Waals surface area contributed by atoms with E-state index in [0.717, 1.165) is 5.01 Å². The summed E-state index contributed by atoms with van der Waals surface area (Å²) in [4.78, 5) is 30.4. The number of thiazole rings is 1. The average molecular weight is 336 g/mol. The van der Waals surface area contributed by atoms with Crippen molar-refractivity contribution in [3.63, 3.8) is 0 Å². The van der Waals surface area contributed by atoms with Gasteiger partial charge in [-0.15, -0.1) is 11.3 Å². The number of aryl methyl sites for hydroxylation is 1. The third-order valence-electron chi connectivity index (χ3n) is 2.98. The van der Waals surface area contributed by atoms with E-state index in [-0.39, 0.29) is 23.8 Å². The van der Waals surface area contributed by atoms with E-state index in [1.807, 2.05) is 20.8 Å². The Kier molecular flexibility index (Phi) is 4.84. The Morgan fingerprint density at radius 1 is 1.39 bits per heavy atom. The van der Waals surface area contributed by atoms with Gasteiger partial charge in [-0.1, -0.05) is 25.9 Å². The van der Waals surface area contributed by atoms with Crippen molar-refractivity contribution in [2.75, 3.05) is 18.9 Å². The van der Waals surface area contributed by atoms with Crippen molar-refractivity contribution >= 4 is 29.0 Å². The van der Waals surface area contributed by atoms with Gasteiger partial charge >= 0.3 is 0 Å². The molecule has 8 heteroatoms. The second kappa shape index (κ2) is 6.49. The normalized spacial score (nSPS) is 11.3. The Labute approximate surface area is 138 Å². The van der Waals surface area contributed by atoms with E-state index in [1.54, 1.807) is 26.2 Å². The second-order valence-electron chi connectivity index (χ2n) is 6.31. The van der Waals surface area contributed by atoms with E-state index in [0.29, 0.717) is 16.5 Å². The third kappa shape index (κ3) is 4.38. The Balaban J connectivity index is 1.97. The Morgan fingerprint density at radius 3 is 2.61 bits per heavy atom. The van der Waals surface area contributed by atoms with Crippen LogP contribution in [0.3, 0.4) is 0 Å². The molecule has 7 nitrogen and oxygen atoms in total. The maximum Gasteiger partial charge on any atom is 0.265 e. The molecule has 0 aliphatic heterocycles. The highest BCUT2D eigenvalue weighted by molar-refractivity contribution is 7.13. The molecule has 0 fully saturated rings. The minimum absolute atomic E-state index is 0.0759. The van der Waals surface area contributed by atoms with Crippen molar-refractivity contribution in [2.45, 2.75) is 33.1 Å². The molecule has 2 rings (SSSR count). The lowest BCUT2D eigenvalue weighted by Crippen LogP contribution is -2.34. The van der Waals surface area contributed by atoms with Crippen LogP contribution in [-0.4, -0.2) is 40.4 Å². The van der Waals surface area contributed by atoms with Crippen LogP contribution in [0.15, 0.2) is 16.8 Å². The molecule has 2 aromatic heterocycles. The van der Waals surface area contributed by atoms with Gasteiger partial charge < -0.3 is 14.7 Å². The van der Waals surface area contributed by atoms with Crippen molar-refractivity contribution < 1.29 is 14.1 Å². The van der Waals surface area contributed by atoms with Crippen molar-refractivity contribution in [1.29, 1.82) is 0 Å². The Bertz CT molecular complexity index is 714. The van der Waals surface area contributed by atoms with Crippen molar-refractivity contribution in [3.05, 3.63) is 27.9 Å². The van der Waals surface area contributed by atoms with Crippen LogP contribution in [-0.2, 0) is 10.2 Å². The van der Waals surface area contributed by atoms with Gasteiger partial charge in [0, 0.05) is 18.5 Å². The summed E-state index contributed by atoms with van der Waals surface area (Å²) in [6.45, 7) is 7.77. The van der Waals surface area contributed by atoms with Gasteiger partial charge in [-0.3, -0.25) is 9.59 Å². The van der Waals surface area contributed by atoms with Gasteiger partial charge in [0.25, 0.3) is 5.91 Å². The SMILES string of the molecule is Cc1cc(NC(=O)CN(C)C(=O)c2cnc(C(C)(C)C)s2)no1. The van der Waals surface area contributed by atoms with Gasteiger partial charge in [-0.05, 0) is 6.92 Å². The fourth-order valence-electron chi connectivity index (χ4n) is 1.80. The van der Waals surface area contributed by atoms with Gasteiger partial charge in [0.15, 0.2) is 5.82 Å². The molecule has 1 N–H and O–H groups in total. The predicted molar refractivity (Wildman–Crippen MR) is 87.6 cm³/mol. The molecule has 2 aromatic rings. The molecule has 23 heavy (non-hydrogen) atoms. The molecule has 0 aliphatic rings. The van der Waals surface area contributed by atoms with Gasteiger partial charge in [-0.25, -0.2) is 4.98 Å². The summed E-state index contributed by atoms with van der Waals surface area (Å²) < 4.78 is 4.87. The topological polar surface area (TPSA) is 88.3 Å². The average Bonchev–Trinajstić information content (AvgIpc) is 3.06. The molecule has 0 aromatic carbocycles. The highest BCUT2D eigenvalue weighted by atomic mass is 32.1. The predicted octanol–water partition coefficient (Wildman–Crippen LogP) is 2.45. The lowest BCUT2D eigenvalue weighted by molar-refractivity contribution is -0.116. The van der Waals surface area contributed by atoms with Crippen LogP contribution in [0.2, 0.25) is 0 Å². The fourth-order valence-corrected chi connectivity index (χ4v) is 2.77. The molecule has 0 unspecified atom stereocenters. The van der Waals surface area contributed by atoms with Crippen molar-refractivity contribution in [2.24, 2.45) is 0 Å². The van der Waals surface area contributed by atoms with Crippen LogP contribution < -0.4 is 5.32 Å². The number of carbonyl (C=O) groups excluding carboxylic acids is 2. The maximum absolute atomic E-state index is 12.4. The first-order valence-corrected chi connectivity index (χ1v) is 7.93. The fraction of sp³-hybridized carbons (Fsp3) is 0.467. The minimum atomic E-state index is -0.338. The molecule has 0 aliphatic carbocycles. The quantitative estimate of drug-likeness (QED) is 0.926. The first-order valence-electron chi connectivity index (χ1n) is 7.12. The summed E-state index contributed by atoms with van der Waals surface area (Å²) in [6.07, 6.45) is 1.56. The van der Waals surface area contributed by atoms with Crippen LogP contribution >= 0.6 is 11.3 Å². The van der Waals surface area contributed by atoms with Gasteiger partial charge in [0.2, 0.25) is 5.91 Å². The summed E-state index contributed by atoms with van der Waals surface area (Å²) in [6, 6.07) is 1.61. The number of nitrogens with one attached hydrogen (secondary N) is 1. The lowest BCUT2D eigenvalue weighted by atomic mass is 9.98. The third-order valence-corrected chi connectivity index (χ3v) is 4.39. The van der Waals surface area contributed by atoms with E-state index in [9.17, 15) is 9.59 Å². The van der Waals surface area contributed by atoms with E-state index in [1.165, 1.54) is 16.2 Å². The molecule has 2 amide bonds. The highest BCUT2D eigenvalue weighted by Crippen LogP contribution is 2.27. The van der Waals surface area contributed by atoms with Crippen LogP contribution in [0.4, 0.5) is 5.82 Å². The Hall–Kier alpha value is -2.22. The minimum Gasteiger partial charge on any atom is -0.360 e. The van der Waals surface area contributed by atoms with E-state index >= 15 is 0 Å². The first-order chi connectivity index (χ1) is 10.7. The van der Waals surface area contributed by atoms with Crippen LogP contribution in [0.5, 0.6) is 0 Å². The smallest absolute Gasteiger partial charge is 0.265 e. The lowest BCUT2D eigenvalue weighted by Gasteiger charge is -2.15. The largest absolute Gasteiger partial charge is 0.360 e. The molecule has 0 atom stereocenters. The summed E-state index contributed by atoms with van der Waals surface area (Å²) in [5.74, 6) is 0.365. The number of nitrogens with zero attached hydrogens (tertiary/aromatic N) is 3. The molecule has 2 heterocycles. The molecule has 0 spiro atoms. The number of likely N-dealkylation sites (N-methyl/N-ethyl adjacent to an activating group) is 1. The number of carbonyl (C=O) groups is 2. The van der Waals surface area contributed by atoms with Gasteiger partial charge in [0.1, 0.15) is 10.6 Å². The van der Waals surface area contributed by atoms with Crippen LogP contribution in [0.25, 0.3) is 0 Å². The number of hydrogen-bond donors (Lipinski definition) is 1. The standard InChI is InChI=1S/C15H20N4O3S/c1-9-6-11(18-22-9)17-12(20)8-19(5)13(21)10-7-16-14(23-10)15(2,3)4/h6-7H,8H2,1-5H3,(H,17,18,20). The number of aromatic nitrogens is 2. The van der Waals surface area contributed by atoms with Crippen molar-refractivity contribution in [3.8, 4) is 0 Å². The molecule has 0 bridgehead atoms.